The van der Waals surface area contributed by atoms with E-state index < -0.39 is 0 Å². The molecule has 0 saturated carbocycles. The van der Waals surface area contributed by atoms with E-state index in [1.807, 2.05) is 0 Å². The minimum Gasteiger partial charge on any atom is -0.313 e. The van der Waals surface area contributed by atoms with Gasteiger partial charge in [-0.25, -0.2) is 0 Å². The minimum atomic E-state index is 0.671. The SMILES string of the molecule is CCCNC(CC)CN(CC)CC(CC)CC. The van der Waals surface area contributed by atoms with E-state index in [-0.39, 0.29) is 0 Å². The van der Waals surface area contributed by atoms with Crippen LogP contribution in [0.15, 0.2) is 0 Å². The summed E-state index contributed by atoms with van der Waals surface area (Å²) in [5.41, 5.74) is 0. The topological polar surface area (TPSA) is 15.3 Å². The highest BCUT2D eigenvalue weighted by atomic mass is 15.1. The van der Waals surface area contributed by atoms with E-state index in [0.717, 1.165) is 12.5 Å². The van der Waals surface area contributed by atoms with Crippen LogP contribution >= 0.6 is 0 Å². The largest absolute Gasteiger partial charge is 0.313 e. The van der Waals surface area contributed by atoms with Gasteiger partial charge in [0, 0.05) is 19.1 Å². The molecule has 104 valence electrons. The van der Waals surface area contributed by atoms with Crippen molar-refractivity contribution in [3.05, 3.63) is 0 Å². The van der Waals surface area contributed by atoms with Gasteiger partial charge in [0.1, 0.15) is 0 Å². The Balaban J connectivity index is 4.06. The third-order valence-corrected chi connectivity index (χ3v) is 3.77. The molecule has 0 aliphatic carbocycles. The first kappa shape index (κ1) is 16.9. The average molecular weight is 242 g/mol. The summed E-state index contributed by atoms with van der Waals surface area (Å²) in [4.78, 5) is 2.62. The molecule has 1 atom stereocenters. The van der Waals surface area contributed by atoms with E-state index in [9.17, 15) is 0 Å². The molecule has 0 aromatic carbocycles. The summed E-state index contributed by atoms with van der Waals surface area (Å²) in [5.74, 6) is 0.874. The quantitative estimate of drug-likeness (QED) is 0.596. The zero-order chi connectivity index (χ0) is 13.1. The lowest BCUT2D eigenvalue weighted by atomic mass is 10.0. The number of likely N-dealkylation sites (N-methyl/N-ethyl adjacent to an activating group) is 1. The zero-order valence-electron chi connectivity index (χ0n) is 12.8. The smallest absolute Gasteiger partial charge is 0.0192 e. The third-order valence-electron chi connectivity index (χ3n) is 3.77. The molecule has 0 fully saturated rings. The molecule has 0 amide bonds. The van der Waals surface area contributed by atoms with Gasteiger partial charge in [-0.3, -0.25) is 0 Å². The lowest BCUT2D eigenvalue weighted by Gasteiger charge is -2.29. The summed E-state index contributed by atoms with van der Waals surface area (Å²) in [7, 11) is 0. The van der Waals surface area contributed by atoms with Crippen LogP contribution in [-0.2, 0) is 0 Å². The summed E-state index contributed by atoms with van der Waals surface area (Å²) in [5, 5.41) is 3.65. The zero-order valence-corrected chi connectivity index (χ0v) is 12.8. The molecular weight excluding hydrogens is 208 g/mol. The molecule has 0 heterocycles. The third kappa shape index (κ3) is 7.77. The van der Waals surface area contributed by atoms with Gasteiger partial charge in [0.15, 0.2) is 0 Å². The van der Waals surface area contributed by atoms with Crippen molar-refractivity contribution < 1.29 is 0 Å². The predicted molar refractivity (Wildman–Crippen MR) is 78.6 cm³/mol. The molecule has 0 radical (unpaired) electrons. The Kier molecular flexibility index (Phi) is 11.0. The predicted octanol–water partition coefficient (Wildman–Crippen LogP) is 3.52. The minimum absolute atomic E-state index is 0.671. The normalized spacial score (nSPS) is 13.6. The number of nitrogens with one attached hydrogen (secondary N) is 1. The van der Waals surface area contributed by atoms with Crippen LogP contribution in [0.4, 0.5) is 0 Å². The maximum atomic E-state index is 3.65. The van der Waals surface area contributed by atoms with E-state index in [4.69, 9.17) is 0 Å². The molecule has 0 aliphatic rings. The van der Waals surface area contributed by atoms with Crippen LogP contribution in [0.2, 0.25) is 0 Å². The monoisotopic (exact) mass is 242 g/mol. The summed E-state index contributed by atoms with van der Waals surface area (Å²) >= 11 is 0. The Hall–Kier alpha value is -0.0800. The second kappa shape index (κ2) is 11.0. The number of rotatable bonds is 11. The van der Waals surface area contributed by atoms with Gasteiger partial charge in [0.05, 0.1) is 0 Å². The fourth-order valence-electron chi connectivity index (χ4n) is 2.24. The van der Waals surface area contributed by atoms with Crippen LogP contribution in [0.1, 0.15) is 60.3 Å². The average Bonchev–Trinajstić information content (AvgIpc) is 2.38. The van der Waals surface area contributed by atoms with Crippen molar-refractivity contribution in [3.63, 3.8) is 0 Å². The molecule has 2 heteroatoms. The Morgan fingerprint density at radius 2 is 1.53 bits per heavy atom. The fraction of sp³-hybridized carbons (Fsp3) is 1.00. The second-order valence-electron chi connectivity index (χ2n) is 5.09. The van der Waals surface area contributed by atoms with Gasteiger partial charge in [0.2, 0.25) is 0 Å². The Morgan fingerprint density at radius 3 is 1.94 bits per heavy atom. The summed E-state index contributed by atoms with van der Waals surface area (Å²) in [6.07, 6.45) is 5.09. The van der Waals surface area contributed by atoms with E-state index in [1.54, 1.807) is 0 Å². The summed E-state index contributed by atoms with van der Waals surface area (Å²) in [6, 6.07) is 0.671. The van der Waals surface area contributed by atoms with E-state index in [2.05, 4.69) is 44.8 Å². The summed E-state index contributed by atoms with van der Waals surface area (Å²) < 4.78 is 0. The van der Waals surface area contributed by atoms with Crippen molar-refractivity contribution in [3.8, 4) is 0 Å². The standard InChI is InChI=1S/C15H34N2/c1-6-11-16-15(9-4)13-17(10-5)12-14(7-2)8-3/h14-16H,6-13H2,1-5H3. The van der Waals surface area contributed by atoms with Crippen LogP contribution in [0.3, 0.4) is 0 Å². The van der Waals surface area contributed by atoms with Crippen LogP contribution in [-0.4, -0.2) is 37.1 Å². The first-order valence-electron chi connectivity index (χ1n) is 7.67. The molecule has 0 saturated heterocycles. The maximum absolute atomic E-state index is 3.65. The first-order chi connectivity index (χ1) is 8.21. The van der Waals surface area contributed by atoms with Gasteiger partial charge in [0.25, 0.3) is 0 Å². The molecule has 0 bridgehead atoms. The lowest BCUT2D eigenvalue weighted by Crippen LogP contribution is -2.42. The molecule has 0 rings (SSSR count). The molecule has 1 unspecified atom stereocenters. The highest BCUT2D eigenvalue weighted by Gasteiger charge is 2.14. The van der Waals surface area contributed by atoms with Crippen molar-refractivity contribution >= 4 is 0 Å². The number of hydrogen-bond acceptors (Lipinski definition) is 2. The molecule has 0 spiro atoms. The van der Waals surface area contributed by atoms with Crippen molar-refractivity contribution in [1.29, 1.82) is 0 Å². The van der Waals surface area contributed by atoms with Crippen molar-refractivity contribution in [2.45, 2.75) is 66.3 Å². The van der Waals surface area contributed by atoms with Crippen molar-refractivity contribution in [2.75, 3.05) is 26.2 Å². The van der Waals surface area contributed by atoms with Gasteiger partial charge in [-0.15, -0.1) is 0 Å². The van der Waals surface area contributed by atoms with Gasteiger partial charge in [-0.2, -0.15) is 0 Å². The Morgan fingerprint density at radius 1 is 0.882 bits per heavy atom. The fourth-order valence-corrected chi connectivity index (χ4v) is 2.24. The van der Waals surface area contributed by atoms with Gasteiger partial charge < -0.3 is 10.2 Å². The van der Waals surface area contributed by atoms with Crippen LogP contribution in [0.25, 0.3) is 0 Å². The van der Waals surface area contributed by atoms with Crippen LogP contribution in [0.5, 0.6) is 0 Å². The van der Waals surface area contributed by atoms with Crippen LogP contribution < -0.4 is 5.32 Å². The molecule has 0 aromatic heterocycles. The van der Waals surface area contributed by atoms with Gasteiger partial charge >= 0.3 is 0 Å². The Labute approximate surface area is 109 Å². The van der Waals surface area contributed by atoms with Crippen LogP contribution in [0, 0.1) is 5.92 Å². The molecular formula is C15H34N2. The molecule has 1 N–H and O–H groups in total. The van der Waals surface area contributed by atoms with E-state index in [0.29, 0.717) is 6.04 Å². The van der Waals surface area contributed by atoms with Crippen molar-refractivity contribution in [1.82, 2.24) is 10.2 Å². The highest BCUT2D eigenvalue weighted by molar-refractivity contribution is 4.72. The Bertz CT molecular complexity index is 155. The van der Waals surface area contributed by atoms with Crippen molar-refractivity contribution in [2.24, 2.45) is 5.92 Å². The second-order valence-corrected chi connectivity index (χ2v) is 5.09. The molecule has 0 aromatic rings. The summed E-state index contributed by atoms with van der Waals surface area (Å²) in [6.45, 7) is 16.3. The van der Waals surface area contributed by atoms with Gasteiger partial charge in [-0.05, 0) is 31.8 Å². The molecule has 2 nitrogen and oxygen atoms in total. The molecule has 0 aliphatic heterocycles. The number of hydrogen-bond donors (Lipinski definition) is 1. The maximum Gasteiger partial charge on any atom is 0.0192 e. The highest BCUT2D eigenvalue weighted by Crippen LogP contribution is 2.10. The lowest BCUT2D eigenvalue weighted by molar-refractivity contribution is 0.208. The first-order valence-corrected chi connectivity index (χ1v) is 7.67. The van der Waals surface area contributed by atoms with E-state index >= 15 is 0 Å². The molecule has 17 heavy (non-hydrogen) atoms. The van der Waals surface area contributed by atoms with E-state index in [1.165, 1.54) is 45.3 Å². The van der Waals surface area contributed by atoms with Gasteiger partial charge in [-0.1, -0.05) is 47.5 Å². The number of nitrogens with zero attached hydrogens (tertiary/aromatic N) is 1.